The third kappa shape index (κ3) is 5.82. The molecule has 0 amide bonds. The topological polar surface area (TPSA) is 58.2 Å². The summed E-state index contributed by atoms with van der Waals surface area (Å²) >= 11 is 0. The third-order valence-electron chi connectivity index (χ3n) is 3.09. The monoisotopic (exact) mass is 248 g/mol. The van der Waals surface area contributed by atoms with Crippen LogP contribution in [0.15, 0.2) is 0 Å². The van der Waals surface area contributed by atoms with Crippen LogP contribution in [0.3, 0.4) is 0 Å². The van der Waals surface area contributed by atoms with Crippen molar-refractivity contribution in [2.45, 2.75) is 51.5 Å². The molecule has 0 bridgehead atoms. The minimum atomic E-state index is -3.00. The van der Waals surface area contributed by atoms with E-state index >= 15 is 0 Å². The van der Waals surface area contributed by atoms with Crippen molar-refractivity contribution in [2.24, 2.45) is 0 Å². The van der Waals surface area contributed by atoms with Crippen LogP contribution in [0.1, 0.15) is 45.4 Å². The molecule has 0 radical (unpaired) electrons. The Morgan fingerprint density at radius 3 is 2.44 bits per heavy atom. The average molecular weight is 248 g/mol. The van der Waals surface area contributed by atoms with Crippen molar-refractivity contribution >= 4 is 10.0 Å². The summed E-state index contributed by atoms with van der Waals surface area (Å²) in [7, 11) is -3.00. The van der Waals surface area contributed by atoms with Gasteiger partial charge in [0.05, 0.1) is 5.75 Å². The van der Waals surface area contributed by atoms with Crippen LogP contribution in [0.4, 0.5) is 0 Å². The molecule has 0 aromatic carbocycles. The molecule has 0 aromatic rings. The molecule has 1 fully saturated rings. The van der Waals surface area contributed by atoms with E-state index in [2.05, 4.69) is 10.0 Å². The summed E-state index contributed by atoms with van der Waals surface area (Å²) < 4.78 is 24.8. The maximum atomic E-state index is 11.1. The first-order valence-corrected chi connectivity index (χ1v) is 8.00. The molecule has 96 valence electrons. The predicted molar refractivity (Wildman–Crippen MR) is 67.0 cm³/mol. The normalized spacial score (nSPS) is 18.8. The van der Waals surface area contributed by atoms with E-state index in [-0.39, 0.29) is 5.75 Å². The summed E-state index contributed by atoms with van der Waals surface area (Å²) in [5.41, 5.74) is 0. The smallest absolute Gasteiger partial charge is 0.211 e. The van der Waals surface area contributed by atoms with E-state index in [1.165, 1.54) is 32.1 Å². The standard InChI is InChI=1S/C11H24N2O2S/c1-2-16(14,15)13-10-6-9-12-11-7-4-3-5-8-11/h11-13H,2-10H2,1H3. The first-order chi connectivity index (χ1) is 7.64. The Bertz CT molecular complexity index is 272. The van der Waals surface area contributed by atoms with E-state index in [1.807, 2.05) is 0 Å². The van der Waals surface area contributed by atoms with Crippen molar-refractivity contribution in [3.8, 4) is 0 Å². The van der Waals surface area contributed by atoms with Gasteiger partial charge in [0.25, 0.3) is 0 Å². The van der Waals surface area contributed by atoms with E-state index in [0.29, 0.717) is 12.6 Å². The Morgan fingerprint density at radius 2 is 1.81 bits per heavy atom. The van der Waals surface area contributed by atoms with Gasteiger partial charge in [0.1, 0.15) is 0 Å². The molecule has 4 nitrogen and oxygen atoms in total. The van der Waals surface area contributed by atoms with Gasteiger partial charge in [-0.1, -0.05) is 19.3 Å². The number of hydrogen-bond acceptors (Lipinski definition) is 3. The summed E-state index contributed by atoms with van der Waals surface area (Å²) in [6.45, 7) is 3.12. The summed E-state index contributed by atoms with van der Waals surface area (Å²) in [4.78, 5) is 0. The van der Waals surface area contributed by atoms with Gasteiger partial charge >= 0.3 is 0 Å². The largest absolute Gasteiger partial charge is 0.314 e. The highest BCUT2D eigenvalue weighted by atomic mass is 32.2. The maximum Gasteiger partial charge on any atom is 0.211 e. The molecule has 0 spiro atoms. The zero-order valence-corrected chi connectivity index (χ0v) is 11.0. The van der Waals surface area contributed by atoms with E-state index in [4.69, 9.17) is 0 Å². The van der Waals surface area contributed by atoms with E-state index < -0.39 is 10.0 Å². The number of hydrogen-bond donors (Lipinski definition) is 2. The molecule has 0 atom stereocenters. The van der Waals surface area contributed by atoms with Gasteiger partial charge in [0.2, 0.25) is 10.0 Å². The van der Waals surface area contributed by atoms with Crippen LogP contribution in [-0.4, -0.2) is 33.3 Å². The lowest BCUT2D eigenvalue weighted by molar-refractivity contribution is 0.372. The number of nitrogens with one attached hydrogen (secondary N) is 2. The van der Waals surface area contributed by atoms with Crippen molar-refractivity contribution in [2.75, 3.05) is 18.8 Å². The highest BCUT2D eigenvalue weighted by Crippen LogP contribution is 2.16. The molecule has 1 saturated carbocycles. The van der Waals surface area contributed by atoms with Gasteiger partial charge in [-0.15, -0.1) is 0 Å². The molecular formula is C11H24N2O2S. The lowest BCUT2D eigenvalue weighted by Crippen LogP contribution is -2.34. The minimum absolute atomic E-state index is 0.170. The second-order valence-corrected chi connectivity index (χ2v) is 6.54. The van der Waals surface area contributed by atoms with Crippen LogP contribution in [0.2, 0.25) is 0 Å². The van der Waals surface area contributed by atoms with E-state index in [9.17, 15) is 8.42 Å². The zero-order chi connectivity index (χ0) is 11.9. The fraction of sp³-hybridized carbons (Fsp3) is 1.00. The van der Waals surface area contributed by atoms with Crippen LogP contribution >= 0.6 is 0 Å². The molecule has 0 heterocycles. The molecule has 0 unspecified atom stereocenters. The molecule has 0 aliphatic heterocycles. The van der Waals surface area contributed by atoms with Gasteiger partial charge in [-0.25, -0.2) is 13.1 Å². The van der Waals surface area contributed by atoms with Crippen molar-refractivity contribution < 1.29 is 8.42 Å². The second-order valence-electron chi connectivity index (χ2n) is 4.44. The van der Waals surface area contributed by atoms with E-state index in [0.717, 1.165) is 13.0 Å². The maximum absolute atomic E-state index is 11.1. The molecule has 2 N–H and O–H groups in total. The third-order valence-corrected chi connectivity index (χ3v) is 4.50. The SMILES string of the molecule is CCS(=O)(=O)NCCCNC1CCCCC1. The Kier molecular flexibility index (Phi) is 6.31. The van der Waals surface area contributed by atoms with Crippen molar-refractivity contribution in [1.82, 2.24) is 10.0 Å². The lowest BCUT2D eigenvalue weighted by atomic mass is 9.95. The van der Waals surface area contributed by atoms with Crippen LogP contribution in [0, 0.1) is 0 Å². The fourth-order valence-corrected chi connectivity index (χ4v) is 2.69. The highest BCUT2D eigenvalue weighted by molar-refractivity contribution is 7.89. The van der Waals surface area contributed by atoms with Gasteiger partial charge in [-0.3, -0.25) is 0 Å². The van der Waals surface area contributed by atoms with Gasteiger partial charge < -0.3 is 5.32 Å². The zero-order valence-electron chi connectivity index (χ0n) is 10.2. The molecule has 0 saturated heterocycles. The number of sulfonamides is 1. The molecule has 1 aliphatic carbocycles. The average Bonchev–Trinajstić information content (AvgIpc) is 2.30. The minimum Gasteiger partial charge on any atom is -0.314 e. The summed E-state index contributed by atoms with van der Waals surface area (Å²) in [6.07, 6.45) is 7.46. The number of rotatable bonds is 7. The first-order valence-electron chi connectivity index (χ1n) is 6.35. The van der Waals surface area contributed by atoms with Gasteiger partial charge in [-0.2, -0.15) is 0 Å². The van der Waals surface area contributed by atoms with Crippen molar-refractivity contribution in [3.05, 3.63) is 0 Å². The molecule has 0 aromatic heterocycles. The van der Waals surface area contributed by atoms with Crippen molar-refractivity contribution in [1.29, 1.82) is 0 Å². The Hall–Kier alpha value is -0.130. The Morgan fingerprint density at radius 1 is 1.12 bits per heavy atom. The van der Waals surface area contributed by atoms with Gasteiger partial charge in [-0.05, 0) is 32.7 Å². The molecule has 1 aliphatic rings. The van der Waals surface area contributed by atoms with Crippen LogP contribution < -0.4 is 10.0 Å². The van der Waals surface area contributed by atoms with Gasteiger partial charge in [0, 0.05) is 12.6 Å². The lowest BCUT2D eigenvalue weighted by Gasteiger charge is -2.22. The van der Waals surface area contributed by atoms with Crippen LogP contribution in [-0.2, 0) is 10.0 Å². The summed E-state index contributed by atoms with van der Waals surface area (Å²) in [5.74, 6) is 0.170. The summed E-state index contributed by atoms with van der Waals surface area (Å²) in [5, 5.41) is 3.49. The quantitative estimate of drug-likeness (QED) is 0.666. The molecule has 16 heavy (non-hydrogen) atoms. The van der Waals surface area contributed by atoms with Crippen molar-refractivity contribution in [3.63, 3.8) is 0 Å². The Labute approximate surface area is 99.2 Å². The second kappa shape index (κ2) is 7.25. The van der Waals surface area contributed by atoms with Crippen LogP contribution in [0.25, 0.3) is 0 Å². The van der Waals surface area contributed by atoms with Crippen LogP contribution in [0.5, 0.6) is 0 Å². The highest BCUT2D eigenvalue weighted by Gasteiger charge is 2.11. The summed E-state index contributed by atoms with van der Waals surface area (Å²) in [6, 6.07) is 0.663. The molecule has 5 heteroatoms. The fourth-order valence-electron chi connectivity index (χ4n) is 2.03. The van der Waals surface area contributed by atoms with E-state index in [1.54, 1.807) is 6.92 Å². The van der Waals surface area contributed by atoms with Gasteiger partial charge in [0.15, 0.2) is 0 Å². The molecule has 1 rings (SSSR count). The predicted octanol–water partition coefficient (Wildman–Crippen LogP) is 1.24. The molecular weight excluding hydrogens is 224 g/mol. The first kappa shape index (κ1) is 13.9. The Balaban J connectivity index is 1.99.